The number of ether oxygens (including phenoxy) is 1. The largest absolute Gasteiger partial charge is 0.488 e. The Hall–Kier alpha value is -2.37. The van der Waals surface area contributed by atoms with Crippen molar-refractivity contribution < 1.29 is 17.9 Å². The fraction of sp³-hybridized carbons (Fsp3) is 0.200. The molecule has 0 fully saturated rings. The Kier molecular flexibility index (Phi) is 4.26. The number of benzene rings is 1. The summed E-state index contributed by atoms with van der Waals surface area (Å²) < 4.78 is 42.9. The molecule has 0 unspecified atom stereocenters. The first-order chi connectivity index (χ1) is 9.88. The summed E-state index contributed by atoms with van der Waals surface area (Å²) >= 11 is 0. The van der Waals surface area contributed by atoms with E-state index in [0.717, 1.165) is 12.1 Å². The minimum Gasteiger partial charge on any atom is -0.488 e. The summed E-state index contributed by atoms with van der Waals surface area (Å²) in [5.74, 6) is 0.718. The SMILES string of the molecule is NC(N)=C1CC=CC=C1OCc1ccc(C(F)(F)F)cc1. The first kappa shape index (κ1) is 15.0. The molecular weight excluding hydrogens is 281 g/mol. The van der Waals surface area contributed by atoms with Gasteiger partial charge in [-0.3, -0.25) is 0 Å². The molecule has 0 spiro atoms. The van der Waals surface area contributed by atoms with Gasteiger partial charge in [0.1, 0.15) is 18.2 Å². The zero-order valence-corrected chi connectivity index (χ0v) is 11.2. The predicted molar refractivity (Wildman–Crippen MR) is 73.5 cm³/mol. The molecule has 1 aliphatic rings. The number of nitrogens with two attached hydrogens (primary N) is 2. The van der Waals surface area contributed by atoms with Gasteiger partial charge in [-0.15, -0.1) is 0 Å². The van der Waals surface area contributed by atoms with Crippen LogP contribution in [0.4, 0.5) is 13.2 Å². The van der Waals surface area contributed by atoms with Crippen LogP contribution in [0.2, 0.25) is 0 Å². The van der Waals surface area contributed by atoms with Crippen LogP contribution in [0.3, 0.4) is 0 Å². The molecule has 112 valence electrons. The van der Waals surface area contributed by atoms with Gasteiger partial charge in [0.25, 0.3) is 0 Å². The van der Waals surface area contributed by atoms with E-state index in [1.807, 2.05) is 12.2 Å². The van der Waals surface area contributed by atoms with Crippen LogP contribution >= 0.6 is 0 Å². The quantitative estimate of drug-likeness (QED) is 0.900. The molecule has 4 N–H and O–H groups in total. The van der Waals surface area contributed by atoms with Crippen molar-refractivity contribution in [1.82, 2.24) is 0 Å². The van der Waals surface area contributed by atoms with E-state index in [-0.39, 0.29) is 12.4 Å². The van der Waals surface area contributed by atoms with E-state index < -0.39 is 11.7 Å². The van der Waals surface area contributed by atoms with E-state index in [0.29, 0.717) is 23.3 Å². The minimum absolute atomic E-state index is 0.147. The highest BCUT2D eigenvalue weighted by atomic mass is 19.4. The summed E-state index contributed by atoms with van der Waals surface area (Å²) in [5, 5.41) is 0. The molecule has 0 heterocycles. The molecule has 0 aliphatic heterocycles. The van der Waals surface area contributed by atoms with E-state index in [9.17, 15) is 13.2 Å². The number of alkyl halides is 3. The third kappa shape index (κ3) is 3.81. The molecular formula is C15H15F3N2O. The minimum atomic E-state index is -4.33. The fourth-order valence-corrected chi connectivity index (χ4v) is 1.89. The average Bonchev–Trinajstić information content (AvgIpc) is 2.45. The monoisotopic (exact) mass is 296 g/mol. The van der Waals surface area contributed by atoms with Crippen LogP contribution in [0.25, 0.3) is 0 Å². The maximum Gasteiger partial charge on any atom is 0.416 e. The lowest BCUT2D eigenvalue weighted by Crippen LogP contribution is -2.15. The molecule has 0 aromatic heterocycles. The number of hydrogen-bond donors (Lipinski definition) is 2. The lowest BCUT2D eigenvalue weighted by molar-refractivity contribution is -0.137. The van der Waals surface area contributed by atoms with Crippen molar-refractivity contribution in [1.29, 1.82) is 0 Å². The summed E-state index contributed by atoms with van der Waals surface area (Å²) in [6, 6.07) is 4.83. The topological polar surface area (TPSA) is 61.3 Å². The zero-order valence-electron chi connectivity index (χ0n) is 11.2. The Bertz CT molecular complexity index is 594. The predicted octanol–water partition coefficient (Wildman–Crippen LogP) is 3.19. The Balaban J connectivity index is 2.05. The van der Waals surface area contributed by atoms with Crippen molar-refractivity contribution in [3.63, 3.8) is 0 Å². The van der Waals surface area contributed by atoms with Crippen molar-refractivity contribution >= 4 is 0 Å². The third-order valence-corrected chi connectivity index (χ3v) is 3.03. The summed E-state index contributed by atoms with van der Waals surface area (Å²) in [4.78, 5) is 0. The van der Waals surface area contributed by atoms with Crippen molar-refractivity contribution in [3.8, 4) is 0 Å². The Morgan fingerprint density at radius 2 is 1.81 bits per heavy atom. The lowest BCUT2D eigenvalue weighted by atomic mass is 10.1. The summed E-state index contributed by atoms with van der Waals surface area (Å²) in [5.41, 5.74) is 11.8. The van der Waals surface area contributed by atoms with Crippen molar-refractivity contribution in [3.05, 3.63) is 70.8 Å². The maximum atomic E-state index is 12.5. The van der Waals surface area contributed by atoms with Crippen LogP contribution < -0.4 is 11.5 Å². The van der Waals surface area contributed by atoms with Crippen molar-refractivity contribution in [2.45, 2.75) is 19.2 Å². The van der Waals surface area contributed by atoms with Gasteiger partial charge in [-0.1, -0.05) is 24.3 Å². The van der Waals surface area contributed by atoms with Gasteiger partial charge in [0.15, 0.2) is 0 Å². The fourth-order valence-electron chi connectivity index (χ4n) is 1.89. The van der Waals surface area contributed by atoms with Crippen LogP contribution in [0.1, 0.15) is 17.5 Å². The molecule has 6 heteroatoms. The third-order valence-electron chi connectivity index (χ3n) is 3.03. The van der Waals surface area contributed by atoms with Gasteiger partial charge in [-0.25, -0.2) is 0 Å². The maximum absolute atomic E-state index is 12.5. The van der Waals surface area contributed by atoms with Crippen molar-refractivity contribution in [2.24, 2.45) is 11.5 Å². The second-order valence-corrected chi connectivity index (χ2v) is 4.58. The first-order valence-electron chi connectivity index (χ1n) is 6.28. The van der Waals surface area contributed by atoms with Crippen LogP contribution in [0.5, 0.6) is 0 Å². The van der Waals surface area contributed by atoms with Gasteiger partial charge < -0.3 is 16.2 Å². The summed E-state index contributed by atoms with van der Waals surface area (Å²) in [6.07, 6.45) is 1.67. The number of hydrogen-bond acceptors (Lipinski definition) is 3. The van der Waals surface area contributed by atoms with E-state index >= 15 is 0 Å². The highest BCUT2D eigenvalue weighted by molar-refractivity contribution is 5.37. The Morgan fingerprint density at radius 3 is 2.38 bits per heavy atom. The molecule has 0 radical (unpaired) electrons. The second-order valence-electron chi connectivity index (χ2n) is 4.58. The van der Waals surface area contributed by atoms with E-state index in [2.05, 4.69) is 0 Å². The van der Waals surface area contributed by atoms with Gasteiger partial charge in [-0.05, 0) is 30.2 Å². The average molecular weight is 296 g/mol. The first-order valence-corrected chi connectivity index (χ1v) is 6.28. The molecule has 1 aliphatic carbocycles. The molecule has 0 atom stereocenters. The number of allylic oxidation sites excluding steroid dienone is 4. The molecule has 1 aromatic carbocycles. The molecule has 21 heavy (non-hydrogen) atoms. The summed E-state index contributed by atoms with van der Waals surface area (Å²) in [6.45, 7) is 0.147. The molecule has 0 amide bonds. The van der Waals surface area contributed by atoms with E-state index in [1.165, 1.54) is 12.1 Å². The van der Waals surface area contributed by atoms with Gasteiger partial charge in [0, 0.05) is 5.57 Å². The highest BCUT2D eigenvalue weighted by Crippen LogP contribution is 2.29. The van der Waals surface area contributed by atoms with Gasteiger partial charge >= 0.3 is 6.18 Å². The summed E-state index contributed by atoms with van der Waals surface area (Å²) in [7, 11) is 0. The molecule has 2 rings (SSSR count). The molecule has 3 nitrogen and oxygen atoms in total. The van der Waals surface area contributed by atoms with Crippen LogP contribution in [0.15, 0.2) is 59.6 Å². The van der Waals surface area contributed by atoms with Crippen LogP contribution in [-0.2, 0) is 17.5 Å². The smallest absolute Gasteiger partial charge is 0.416 e. The van der Waals surface area contributed by atoms with E-state index in [4.69, 9.17) is 16.2 Å². The van der Waals surface area contributed by atoms with Gasteiger partial charge in [0.05, 0.1) is 5.56 Å². The number of halogens is 3. The molecule has 0 saturated carbocycles. The van der Waals surface area contributed by atoms with Crippen LogP contribution in [-0.4, -0.2) is 0 Å². The van der Waals surface area contributed by atoms with Gasteiger partial charge in [0.2, 0.25) is 0 Å². The molecule has 0 saturated heterocycles. The lowest BCUT2D eigenvalue weighted by Gasteiger charge is -2.16. The Morgan fingerprint density at radius 1 is 1.14 bits per heavy atom. The number of rotatable bonds is 3. The Labute approximate surface area is 120 Å². The highest BCUT2D eigenvalue weighted by Gasteiger charge is 2.29. The van der Waals surface area contributed by atoms with E-state index in [1.54, 1.807) is 6.08 Å². The van der Waals surface area contributed by atoms with Gasteiger partial charge in [-0.2, -0.15) is 13.2 Å². The standard InChI is InChI=1S/C15H15F3N2O/c16-15(17,18)11-7-5-10(6-8-11)9-21-13-4-2-1-3-12(13)14(19)20/h1-2,4-8H,3,9,19-20H2. The molecule has 0 bridgehead atoms. The normalized spacial score (nSPS) is 14.8. The van der Waals surface area contributed by atoms with Crippen molar-refractivity contribution in [2.75, 3.05) is 0 Å². The second kappa shape index (κ2) is 5.95. The molecule has 1 aromatic rings. The zero-order chi connectivity index (χ0) is 15.5. The van der Waals surface area contributed by atoms with Crippen LogP contribution in [0, 0.1) is 0 Å².